The van der Waals surface area contributed by atoms with E-state index in [1.807, 2.05) is 18.2 Å². The zero-order valence-electron chi connectivity index (χ0n) is 19.7. The van der Waals surface area contributed by atoms with Gasteiger partial charge in [-0.3, -0.25) is 0 Å². The number of furan rings is 1. The minimum Gasteiger partial charge on any atom is -0.455 e. The predicted octanol–water partition coefficient (Wildman–Crippen LogP) is 8.59. The number of para-hydroxylation sites is 2. The summed E-state index contributed by atoms with van der Waals surface area (Å²) in [6.45, 7) is 0. The van der Waals surface area contributed by atoms with E-state index in [9.17, 15) is 0 Å². The van der Waals surface area contributed by atoms with Crippen LogP contribution in [0.3, 0.4) is 0 Å². The van der Waals surface area contributed by atoms with Crippen molar-refractivity contribution in [1.82, 2.24) is 4.57 Å². The quantitative estimate of drug-likeness (QED) is 0.210. The number of hydrogen-bond acceptors (Lipinski definition) is 2. The van der Waals surface area contributed by atoms with E-state index < -0.39 is 0 Å². The first kappa shape index (κ1) is 20.6. The second-order valence-corrected chi connectivity index (χ2v) is 9.17. The first-order valence-corrected chi connectivity index (χ1v) is 12.3. The normalized spacial score (nSPS) is 13.8. The van der Waals surface area contributed by atoms with Crippen LogP contribution in [0.15, 0.2) is 125 Å². The third-order valence-electron chi connectivity index (χ3n) is 7.09. The fraction of sp³-hybridized carbons (Fsp3) is 0.0606. The van der Waals surface area contributed by atoms with Crippen molar-refractivity contribution in [1.29, 1.82) is 0 Å². The van der Waals surface area contributed by atoms with E-state index in [1.54, 1.807) is 6.20 Å². The molecule has 36 heavy (non-hydrogen) atoms. The summed E-state index contributed by atoms with van der Waals surface area (Å²) in [4.78, 5) is 0. The van der Waals surface area contributed by atoms with Crippen molar-refractivity contribution in [3.63, 3.8) is 0 Å². The van der Waals surface area contributed by atoms with Gasteiger partial charge in [0.2, 0.25) is 0 Å². The van der Waals surface area contributed by atoms with E-state index in [-0.39, 0.29) is 0 Å². The van der Waals surface area contributed by atoms with Gasteiger partial charge in [0.15, 0.2) is 0 Å². The first-order valence-electron chi connectivity index (χ1n) is 12.3. The SMILES string of the molecule is N/C=C\C(=C=CC1=CC=CCC1)n1c2ccccc2c2c3c4ccccc4oc3c3ccccc3c21. The molecular weight excluding hydrogens is 440 g/mol. The van der Waals surface area contributed by atoms with Crippen LogP contribution in [0.4, 0.5) is 0 Å². The number of nitrogens with zero attached hydrogens (tertiary/aromatic N) is 1. The molecule has 0 radical (unpaired) electrons. The minimum absolute atomic E-state index is 0.899. The van der Waals surface area contributed by atoms with Crippen LogP contribution >= 0.6 is 0 Å². The van der Waals surface area contributed by atoms with Crippen LogP contribution in [0.1, 0.15) is 12.8 Å². The van der Waals surface area contributed by atoms with Crippen molar-refractivity contribution >= 4 is 60.2 Å². The van der Waals surface area contributed by atoms with Gasteiger partial charge < -0.3 is 14.7 Å². The average Bonchev–Trinajstić information content (AvgIpc) is 3.48. The van der Waals surface area contributed by atoms with Crippen LogP contribution in [-0.4, -0.2) is 4.57 Å². The summed E-state index contributed by atoms with van der Waals surface area (Å²) < 4.78 is 8.78. The van der Waals surface area contributed by atoms with Gasteiger partial charge in [0.05, 0.1) is 16.7 Å². The van der Waals surface area contributed by atoms with Gasteiger partial charge in [-0.15, -0.1) is 0 Å². The molecule has 0 spiro atoms. The lowest BCUT2D eigenvalue weighted by molar-refractivity contribution is 0.673. The first-order chi connectivity index (χ1) is 17.8. The molecule has 3 heteroatoms. The topological polar surface area (TPSA) is 44.1 Å². The molecule has 0 unspecified atom stereocenters. The van der Waals surface area contributed by atoms with Crippen LogP contribution in [0.5, 0.6) is 0 Å². The second-order valence-electron chi connectivity index (χ2n) is 9.17. The number of allylic oxidation sites excluding steroid dienone is 6. The fourth-order valence-electron chi connectivity index (χ4n) is 5.56. The molecular formula is C33H24N2O. The Hall–Kier alpha value is -4.72. The number of benzene rings is 4. The molecule has 1 aliphatic rings. The summed E-state index contributed by atoms with van der Waals surface area (Å²) in [6, 6.07) is 25.4. The highest BCUT2D eigenvalue weighted by atomic mass is 16.3. The van der Waals surface area contributed by atoms with Crippen LogP contribution in [0.2, 0.25) is 0 Å². The average molecular weight is 465 g/mol. The molecule has 2 N–H and O–H groups in total. The summed E-state index contributed by atoms with van der Waals surface area (Å²) >= 11 is 0. The zero-order chi connectivity index (χ0) is 24.1. The third kappa shape index (κ3) is 3.00. The molecule has 7 rings (SSSR count). The highest BCUT2D eigenvalue weighted by Crippen LogP contribution is 2.45. The maximum Gasteiger partial charge on any atom is 0.144 e. The molecule has 0 bridgehead atoms. The van der Waals surface area contributed by atoms with Crippen LogP contribution in [0, 0.1) is 0 Å². The molecule has 1 aliphatic carbocycles. The molecule has 0 saturated heterocycles. The number of fused-ring (bicyclic) bond motifs is 10. The van der Waals surface area contributed by atoms with E-state index in [0.29, 0.717) is 0 Å². The Kier molecular flexibility index (Phi) is 4.70. The lowest BCUT2D eigenvalue weighted by atomic mass is 9.99. The van der Waals surface area contributed by atoms with Crippen molar-refractivity contribution in [3.8, 4) is 0 Å². The summed E-state index contributed by atoms with van der Waals surface area (Å²) in [5.74, 6) is 0. The van der Waals surface area contributed by atoms with Gasteiger partial charge in [-0.25, -0.2) is 0 Å². The summed E-state index contributed by atoms with van der Waals surface area (Å²) in [7, 11) is 0. The molecule has 0 fully saturated rings. The highest BCUT2D eigenvalue weighted by molar-refractivity contribution is 6.36. The van der Waals surface area contributed by atoms with E-state index in [2.05, 4.69) is 95.3 Å². The Morgan fingerprint density at radius 3 is 2.42 bits per heavy atom. The second kappa shape index (κ2) is 8.20. The van der Waals surface area contributed by atoms with Gasteiger partial charge in [0.1, 0.15) is 11.2 Å². The van der Waals surface area contributed by atoms with Crippen LogP contribution in [-0.2, 0) is 0 Å². The summed E-state index contributed by atoms with van der Waals surface area (Å²) in [6.07, 6.45) is 14.2. The molecule has 6 aromatic rings. The third-order valence-corrected chi connectivity index (χ3v) is 7.09. The lowest BCUT2D eigenvalue weighted by Gasteiger charge is -2.10. The molecule has 4 aromatic carbocycles. The number of nitrogens with two attached hydrogens (primary N) is 1. The largest absolute Gasteiger partial charge is 0.455 e. The van der Waals surface area contributed by atoms with E-state index in [1.165, 1.54) is 16.3 Å². The van der Waals surface area contributed by atoms with Crippen molar-refractivity contribution in [2.45, 2.75) is 12.8 Å². The highest BCUT2D eigenvalue weighted by Gasteiger charge is 2.22. The van der Waals surface area contributed by atoms with E-state index in [0.717, 1.165) is 62.3 Å². The smallest absolute Gasteiger partial charge is 0.144 e. The number of rotatable bonds is 3. The van der Waals surface area contributed by atoms with Gasteiger partial charge >= 0.3 is 0 Å². The molecule has 172 valence electrons. The Morgan fingerprint density at radius 1 is 0.861 bits per heavy atom. The van der Waals surface area contributed by atoms with Gasteiger partial charge in [0.25, 0.3) is 0 Å². The maximum atomic E-state index is 6.48. The van der Waals surface area contributed by atoms with Crippen molar-refractivity contribution in [2.24, 2.45) is 5.73 Å². The van der Waals surface area contributed by atoms with E-state index >= 15 is 0 Å². The van der Waals surface area contributed by atoms with Gasteiger partial charge in [-0.05, 0) is 48.9 Å². The van der Waals surface area contributed by atoms with Crippen LogP contribution in [0.25, 0.3) is 60.2 Å². The Labute approximate surface area is 208 Å². The van der Waals surface area contributed by atoms with Gasteiger partial charge in [-0.1, -0.05) is 84.6 Å². The van der Waals surface area contributed by atoms with Crippen molar-refractivity contribution in [3.05, 3.63) is 121 Å². The Bertz CT molecular complexity index is 1980. The molecule has 3 nitrogen and oxygen atoms in total. The predicted molar refractivity (Wildman–Crippen MR) is 152 cm³/mol. The fourth-order valence-corrected chi connectivity index (χ4v) is 5.56. The molecule has 0 atom stereocenters. The van der Waals surface area contributed by atoms with Gasteiger partial charge in [0, 0.05) is 32.3 Å². The zero-order valence-corrected chi connectivity index (χ0v) is 19.7. The number of hydrogen-bond donors (Lipinski definition) is 1. The molecule has 0 saturated carbocycles. The minimum atomic E-state index is 0.899. The standard InChI is InChI=1S/C33H24N2O/c34-21-20-23(19-18-22-10-2-1-3-11-22)35-28-16-8-6-14-26(28)30-31-27-15-7-9-17-29(27)36-33(31)25-13-5-4-12-24(25)32(30)35/h1-2,4-10,12-18,20-21H,3,11,34H2/b21-20-. The van der Waals surface area contributed by atoms with Crippen molar-refractivity contribution in [2.75, 3.05) is 0 Å². The molecule has 0 amide bonds. The van der Waals surface area contributed by atoms with Crippen LogP contribution < -0.4 is 5.73 Å². The summed E-state index contributed by atoms with van der Waals surface area (Å²) in [5.41, 5.74) is 15.8. The van der Waals surface area contributed by atoms with Crippen molar-refractivity contribution < 1.29 is 4.42 Å². The molecule has 2 aromatic heterocycles. The Balaban J connectivity index is 1.73. The van der Waals surface area contributed by atoms with Gasteiger partial charge in [-0.2, -0.15) is 0 Å². The lowest BCUT2D eigenvalue weighted by Crippen LogP contribution is -1.96. The number of aromatic nitrogens is 1. The monoisotopic (exact) mass is 464 g/mol. The Morgan fingerprint density at radius 2 is 1.61 bits per heavy atom. The molecule has 0 aliphatic heterocycles. The molecule has 2 heterocycles. The van der Waals surface area contributed by atoms with E-state index in [4.69, 9.17) is 10.2 Å². The maximum absolute atomic E-state index is 6.48. The summed E-state index contributed by atoms with van der Waals surface area (Å²) in [5, 5.41) is 6.88.